The Morgan fingerprint density at radius 2 is 0.447 bits per heavy atom. The van der Waals surface area contributed by atoms with Gasteiger partial charge < -0.3 is 33.8 Å². The fraction of sp³-hybridized carbons (Fsp3) is 0.952. The number of carbonyl (C=O) groups excluding carboxylic acids is 4. The van der Waals surface area contributed by atoms with Gasteiger partial charge in [0, 0.05) is 25.7 Å². The van der Waals surface area contributed by atoms with Gasteiger partial charge in [-0.25, -0.2) is 9.13 Å². The number of ether oxygens (including phenoxy) is 4. The van der Waals surface area contributed by atoms with Crippen LogP contribution in [0.15, 0.2) is 0 Å². The third-order valence-electron chi connectivity index (χ3n) is 19.8. The van der Waals surface area contributed by atoms with Crippen LogP contribution in [-0.2, 0) is 65.4 Å². The molecule has 103 heavy (non-hydrogen) atoms. The Labute approximate surface area is 632 Å². The summed E-state index contributed by atoms with van der Waals surface area (Å²) in [6, 6.07) is 0. The molecule has 0 saturated carbocycles. The van der Waals surface area contributed by atoms with Gasteiger partial charge in [0.05, 0.1) is 26.4 Å². The van der Waals surface area contributed by atoms with Crippen LogP contribution in [-0.4, -0.2) is 96.7 Å². The van der Waals surface area contributed by atoms with Crippen LogP contribution in [0.4, 0.5) is 0 Å². The van der Waals surface area contributed by atoms with Crippen LogP contribution < -0.4 is 0 Å². The highest BCUT2D eigenvalue weighted by Crippen LogP contribution is 2.45. The summed E-state index contributed by atoms with van der Waals surface area (Å²) < 4.78 is 68.8. The first-order chi connectivity index (χ1) is 50.0. The third kappa shape index (κ3) is 78.0. The molecule has 0 aromatic heterocycles. The van der Waals surface area contributed by atoms with Crippen LogP contribution in [0.3, 0.4) is 0 Å². The van der Waals surface area contributed by atoms with Crippen molar-refractivity contribution in [3.05, 3.63) is 0 Å². The molecule has 0 aliphatic heterocycles. The molecule has 0 aromatic rings. The van der Waals surface area contributed by atoms with Gasteiger partial charge in [-0.3, -0.25) is 37.3 Å². The highest BCUT2D eigenvalue weighted by molar-refractivity contribution is 7.47. The lowest BCUT2D eigenvalue weighted by molar-refractivity contribution is -0.161. The number of aliphatic hydroxyl groups is 1. The van der Waals surface area contributed by atoms with E-state index in [-0.39, 0.29) is 25.7 Å². The number of hydrogen-bond acceptors (Lipinski definition) is 15. The molecular weight excluding hydrogens is 1340 g/mol. The van der Waals surface area contributed by atoms with E-state index in [1.807, 2.05) is 0 Å². The molecule has 0 radical (unpaired) electrons. The average Bonchev–Trinajstić information content (AvgIpc) is 0.917. The predicted molar refractivity (Wildman–Crippen MR) is 423 cm³/mol. The zero-order valence-electron chi connectivity index (χ0n) is 67.5. The van der Waals surface area contributed by atoms with Gasteiger partial charge in [0.25, 0.3) is 0 Å². The van der Waals surface area contributed by atoms with Crippen molar-refractivity contribution in [2.45, 2.75) is 470 Å². The van der Waals surface area contributed by atoms with E-state index in [2.05, 4.69) is 34.6 Å². The van der Waals surface area contributed by atoms with E-state index < -0.39 is 97.5 Å². The minimum atomic E-state index is -4.96. The van der Waals surface area contributed by atoms with Crippen LogP contribution >= 0.6 is 15.6 Å². The summed E-state index contributed by atoms with van der Waals surface area (Å²) in [6.45, 7) is 7.34. The molecule has 0 aromatic carbocycles. The van der Waals surface area contributed by atoms with E-state index >= 15 is 0 Å². The summed E-state index contributed by atoms with van der Waals surface area (Å²) in [5, 5.41) is 10.7. The number of phosphoric ester groups is 2. The Bertz CT molecular complexity index is 1960. The third-order valence-corrected chi connectivity index (χ3v) is 21.7. The molecule has 2 unspecified atom stereocenters. The molecule has 0 bridgehead atoms. The van der Waals surface area contributed by atoms with Crippen LogP contribution in [0, 0.1) is 5.92 Å². The Hall–Kier alpha value is -1.94. The molecule has 0 heterocycles. The Morgan fingerprint density at radius 3 is 0.660 bits per heavy atom. The maximum atomic E-state index is 13.1. The minimum absolute atomic E-state index is 0.107. The highest BCUT2D eigenvalue weighted by atomic mass is 31.2. The summed E-state index contributed by atoms with van der Waals surface area (Å²) in [6.07, 6.45) is 69.5. The number of esters is 4. The van der Waals surface area contributed by atoms with Crippen molar-refractivity contribution in [1.29, 1.82) is 0 Å². The first-order valence-electron chi connectivity index (χ1n) is 43.6. The van der Waals surface area contributed by atoms with Crippen molar-refractivity contribution in [3.8, 4) is 0 Å². The second kappa shape index (κ2) is 76.8. The molecule has 19 heteroatoms. The quantitative estimate of drug-likeness (QED) is 0.0222. The number of rotatable bonds is 84. The summed E-state index contributed by atoms with van der Waals surface area (Å²) in [7, 11) is -9.92. The lowest BCUT2D eigenvalue weighted by Gasteiger charge is -2.21. The van der Waals surface area contributed by atoms with Gasteiger partial charge in [-0.2, -0.15) is 0 Å². The summed E-state index contributed by atoms with van der Waals surface area (Å²) >= 11 is 0. The molecular formula is C84H164O17P2. The van der Waals surface area contributed by atoms with Crippen molar-refractivity contribution >= 4 is 39.5 Å². The number of phosphoric acid groups is 2. The maximum absolute atomic E-state index is 13.1. The van der Waals surface area contributed by atoms with Crippen molar-refractivity contribution in [1.82, 2.24) is 0 Å². The fourth-order valence-electron chi connectivity index (χ4n) is 13.1. The zero-order chi connectivity index (χ0) is 75.5. The first kappa shape index (κ1) is 101. The molecule has 0 aliphatic carbocycles. The van der Waals surface area contributed by atoms with Gasteiger partial charge in [-0.1, -0.05) is 401 Å². The van der Waals surface area contributed by atoms with Crippen molar-refractivity contribution in [3.63, 3.8) is 0 Å². The smallest absolute Gasteiger partial charge is 0.462 e. The minimum Gasteiger partial charge on any atom is -0.462 e. The van der Waals surface area contributed by atoms with Crippen molar-refractivity contribution < 1.29 is 80.2 Å². The van der Waals surface area contributed by atoms with Crippen LogP contribution in [0.5, 0.6) is 0 Å². The molecule has 5 atom stereocenters. The van der Waals surface area contributed by atoms with E-state index in [1.54, 1.807) is 0 Å². The molecule has 0 saturated heterocycles. The maximum Gasteiger partial charge on any atom is 0.472 e. The second-order valence-corrected chi connectivity index (χ2v) is 33.6. The molecule has 0 aliphatic rings. The van der Waals surface area contributed by atoms with Crippen molar-refractivity contribution in [2.75, 3.05) is 39.6 Å². The van der Waals surface area contributed by atoms with Crippen molar-refractivity contribution in [2.24, 2.45) is 5.92 Å². The molecule has 0 spiro atoms. The predicted octanol–water partition coefficient (Wildman–Crippen LogP) is 25.6. The summed E-state index contributed by atoms with van der Waals surface area (Å²) in [5.41, 5.74) is 0. The monoisotopic (exact) mass is 1510 g/mol. The SMILES string of the molecule is CCCCCCCCCCCCCCCCCCCCCCC(=O)O[C@H](COC(=O)CCCCCCCCCCCCCCCCCCCCC)COP(=O)(O)OC[C@@H](O)COP(=O)(O)OC[C@@H](COC(=O)CCCCCCCCCCCC)OC(=O)CCCCCCCCCCCCCC(C)C. The standard InChI is InChI=1S/C84H164O17P2/c1-6-9-12-15-18-21-24-26-28-30-32-34-36-38-40-44-49-54-59-64-69-83(88)100-80(74-95-82(87)68-63-58-53-48-43-39-37-35-33-31-29-27-25-22-19-16-13-10-7-2)76-99-103(92,93)97-72-78(85)71-96-102(90,91)98-75-79(73-94-81(86)67-62-57-52-47-23-20-17-14-11-8-3)101-84(89)70-65-60-55-50-45-41-42-46-51-56-61-66-77(4)5/h77-80,85H,6-76H2,1-5H3,(H,90,91)(H,92,93)/t78-,79+,80+/m0/s1. The average molecular weight is 1510 g/mol. The second-order valence-electron chi connectivity index (χ2n) is 30.7. The summed E-state index contributed by atoms with van der Waals surface area (Å²) in [4.78, 5) is 73.1. The molecule has 612 valence electrons. The van der Waals surface area contributed by atoms with Crippen LogP contribution in [0.25, 0.3) is 0 Å². The Morgan fingerprint density at radius 1 is 0.262 bits per heavy atom. The van der Waals surface area contributed by atoms with E-state index in [1.165, 1.54) is 276 Å². The van der Waals surface area contributed by atoms with Gasteiger partial charge in [-0.15, -0.1) is 0 Å². The fourth-order valence-corrected chi connectivity index (χ4v) is 14.7. The lowest BCUT2D eigenvalue weighted by Crippen LogP contribution is -2.30. The van der Waals surface area contributed by atoms with Crippen LogP contribution in [0.2, 0.25) is 0 Å². The van der Waals surface area contributed by atoms with E-state index in [0.717, 1.165) is 95.8 Å². The topological polar surface area (TPSA) is 237 Å². The van der Waals surface area contributed by atoms with E-state index in [4.69, 9.17) is 37.0 Å². The number of hydrogen-bond donors (Lipinski definition) is 3. The number of carbonyl (C=O) groups is 4. The van der Waals surface area contributed by atoms with Gasteiger partial charge in [0.1, 0.15) is 19.3 Å². The van der Waals surface area contributed by atoms with Gasteiger partial charge in [-0.05, 0) is 31.6 Å². The van der Waals surface area contributed by atoms with E-state index in [9.17, 15) is 43.2 Å². The largest absolute Gasteiger partial charge is 0.472 e. The number of unbranched alkanes of at least 4 members (excludes halogenated alkanes) is 56. The zero-order valence-corrected chi connectivity index (χ0v) is 69.3. The first-order valence-corrected chi connectivity index (χ1v) is 46.6. The molecule has 0 fully saturated rings. The Kier molecular flexibility index (Phi) is 75.4. The lowest BCUT2D eigenvalue weighted by atomic mass is 10.0. The molecule has 0 amide bonds. The Balaban J connectivity index is 5.22. The van der Waals surface area contributed by atoms with Gasteiger partial charge >= 0.3 is 39.5 Å². The molecule has 3 N–H and O–H groups in total. The summed E-state index contributed by atoms with van der Waals surface area (Å²) in [5.74, 6) is -1.34. The van der Waals surface area contributed by atoms with Crippen LogP contribution in [0.1, 0.15) is 452 Å². The normalized spacial score (nSPS) is 13.8. The molecule has 17 nitrogen and oxygen atoms in total. The number of aliphatic hydroxyl groups excluding tert-OH is 1. The van der Waals surface area contributed by atoms with Gasteiger partial charge in [0.15, 0.2) is 12.2 Å². The highest BCUT2D eigenvalue weighted by Gasteiger charge is 2.30. The van der Waals surface area contributed by atoms with E-state index in [0.29, 0.717) is 25.7 Å². The molecule has 0 rings (SSSR count). The van der Waals surface area contributed by atoms with Gasteiger partial charge in [0.2, 0.25) is 0 Å².